The smallest absolute Gasteiger partial charge is 0.186 e. The maximum Gasteiger partial charge on any atom is 0.186 e. The van der Waals surface area contributed by atoms with E-state index in [9.17, 15) is 8.42 Å². The van der Waals surface area contributed by atoms with Crippen molar-refractivity contribution in [3.63, 3.8) is 0 Å². The molecule has 0 fully saturated rings. The average molecular weight is 424 g/mol. The second kappa shape index (κ2) is 7.04. The third kappa shape index (κ3) is 3.68. The predicted molar refractivity (Wildman–Crippen MR) is 99.1 cm³/mol. The number of rotatable bonds is 5. The summed E-state index contributed by atoms with van der Waals surface area (Å²) in [5, 5.41) is 3.98. The highest BCUT2D eigenvalue weighted by molar-refractivity contribution is 9.10. The number of hydrogen-bond donors (Lipinski definition) is 0. The Morgan fingerprint density at radius 2 is 2.00 bits per heavy atom. The fourth-order valence-electron chi connectivity index (χ4n) is 2.34. The molecule has 0 amide bonds. The van der Waals surface area contributed by atoms with Gasteiger partial charge in [-0.25, -0.2) is 8.42 Å². The molecule has 0 N–H and O–H groups in total. The highest BCUT2D eigenvalue weighted by Gasteiger charge is 2.21. The predicted octanol–water partition coefficient (Wildman–Crippen LogP) is 4.56. The SMILES string of the molecule is COc1ccc(Br)cc1S(=O)(=O)Cc1cncc(-c2ccsc2)c1. The molecule has 0 saturated heterocycles. The number of methoxy groups -OCH3 is 1. The topological polar surface area (TPSA) is 56.3 Å². The van der Waals surface area contributed by atoms with Crippen LogP contribution in [0.1, 0.15) is 5.56 Å². The van der Waals surface area contributed by atoms with Gasteiger partial charge in [-0.2, -0.15) is 11.3 Å². The van der Waals surface area contributed by atoms with Gasteiger partial charge in [-0.15, -0.1) is 0 Å². The number of sulfone groups is 1. The Hall–Kier alpha value is -1.70. The lowest BCUT2D eigenvalue weighted by atomic mass is 10.1. The van der Waals surface area contributed by atoms with Crippen LogP contribution in [0.25, 0.3) is 11.1 Å². The van der Waals surface area contributed by atoms with E-state index in [1.165, 1.54) is 7.11 Å². The maximum atomic E-state index is 12.8. The molecule has 1 aromatic carbocycles. The van der Waals surface area contributed by atoms with Gasteiger partial charge in [-0.3, -0.25) is 4.98 Å². The largest absolute Gasteiger partial charge is 0.495 e. The summed E-state index contributed by atoms with van der Waals surface area (Å²) in [7, 11) is -2.10. The molecular formula is C17H14BrNO3S2. The zero-order valence-corrected chi connectivity index (χ0v) is 16.0. The number of ether oxygens (including phenoxy) is 1. The van der Waals surface area contributed by atoms with Crippen LogP contribution in [0, 0.1) is 0 Å². The van der Waals surface area contributed by atoms with Gasteiger partial charge in [-0.1, -0.05) is 15.9 Å². The Labute approximate surface area is 153 Å². The van der Waals surface area contributed by atoms with Crippen molar-refractivity contribution in [2.75, 3.05) is 7.11 Å². The number of nitrogens with zero attached hydrogens (tertiary/aromatic N) is 1. The van der Waals surface area contributed by atoms with Crippen molar-refractivity contribution in [1.29, 1.82) is 0 Å². The van der Waals surface area contributed by atoms with Gasteiger partial charge in [0.15, 0.2) is 9.84 Å². The first-order valence-corrected chi connectivity index (χ1v) is 10.4. The molecule has 7 heteroatoms. The molecule has 2 heterocycles. The number of pyridine rings is 1. The summed E-state index contributed by atoms with van der Waals surface area (Å²) in [4.78, 5) is 4.35. The number of halogens is 1. The number of thiophene rings is 1. The van der Waals surface area contributed by atoms with Crippen LogP contribution in [-0.2, 0) is 15.6 Å². The first-order chi connectivity index (χ1) is 11.5. The molecular weight excluding hydrogens is 410 g/mol. The standard InChI is InChI=1S/C17H14BrNO3S2/c1-22-16-3-2-15(18)7-17(16)24(20,21)11-12-6-14(9-19-8-12)13-4-5-23-10-13/h2-10H,11H2,1H3. The Kier molecular flexibility index (Phi) is 5.03. The van der Waals surface area contributed by atoms with Crippen LogP contribution in [0.15, 0.2) is 62.9 Å². The van der Waals surface area contributed by atoms with Gasteiger partial charge in [0.2, 0.25) is 0 Å². The zero-order chi connectivity index (χ0) is 17.2. The Morgan fingerprint density at radius 1 is 1.17 bits per heavy atom. The summed E-state index contributed by atoms with van der Waals surface area (Å²) >= 11 is 4.90. The van der Waals surface area contributed by atoms with Crippen molar-refractivity contribution in [2.24, 2.45) is 0 Å². The molecule has 0 unspecified atom stereocenters. The van der Waals surface area contributed by atoms with E-state index in [2.05, 4.69) is 20.9 Å². The van der Waals surface area contributed by atoms with Crippen LogP contribution in [0.3, 0.4) is 0 Å². The molecule has 124 valence electrons. The van der Waals surface area contributed by atoms with Crippen LogP contribution >= 0.6 is 27.3 Å². The number of hydrogen-bond acceptors (Lipinski definition) is 5. The third-order valence-corrected chi connectivity index (χ3v) is 6.35. The van der Waals surface area contributed by atoms with Gasteiger partial charge < -0.3 is 4.74 Å². The van der Waals surface area contributed by atoms with E-state index < -0.39 is 9.84 Å². The van der Waals surface area contributed by atoms with Gasteiger partial charge in [-0.05, 0) is 52.2 Å². The Balaban J connectivity index is 1.96. The molecule has 4 nitrogen and oxygen atoms in total. The lowest BCUT2D eigenvalue weighted by Crippen LogP contribution is -2.07. The molecule has 3 aromatic rings. The van der Waals surface area contributed by atoms with E-state index in [-0.39, 0.29) is 10.6 Å². The van der Waals surface area contributed by atoms with Crippen LogP contribution < -0.4 is 4.74 Å². The third-order valence-electron chi connectivity index (χ3n) is 3.47. The number of benzene rings is 1. The molecule has 3 rings (SSSR count). The summed E-state index contributed by atoms with van der Waals surface area (Å²) in [6, 6.07) is 8.78. The summed E-state index contributed by atoms with van der Waals surface area (Å²) in [6.45, 7) is 0. The van der Waals surface area contributed by atoms with Crippen molar-refractivity contribution >= 4 is 37.1 Å². The normalized spacial score (nSPS) is 11.4. The molecule has 0 atom stereocenters. The van der Waals surface area contributed by atoms with Gasteiger partial charge in [0.1, 0.15) is 10.6 Å². The highest BCUT2D eigenvalue weighted by atomic mass is 79.9. The molecule has 0 spiro atoms. The summed E-state index contributed by atoms with van der Waals surface area (Å²) in [5.74, 6) is 0.199. The van der Waals surface area contributed by atoms with Crippen molar-refractivity contribution in [3.8, 4) is 16.9 Å². The molecule has 0 bridgehead atoms. The van der Waals surface area contributed by atoms with Crippen LogP contribution in [0.4, 0.5) is 0 Å². The molecule has 24 heavy (non-hydrogen) atoms. The molecule has 0 aliphatic carbocycles. The minimum absolute atomic E-state index is 0.134. The van der Waals surface area contributed by atoms with Gasteiger partial charge in [0.25, 0.3) is 0 Å². The fraction of sp³-hybridized carbons (Fsp3) is 0.118. The lowest BCUT2D eigenvalue weighted by Gasteiger charge is -2.10. The van der Waals surface area contributed by atoms with Gasteiger partial charge in [0.05, 0.1) is 12.9 Å². The molecule has 0 saturated carbocycles. The van der Waals surface area contributed by atoms with Crippen molar-refractivity contribution in [3.05, 3.63) is 63.5 Å². The fourth-order valence-corrected chi connectivity index (χ4v) is 5.04. The van der Waals surface area contributed by atoms with Crippen LogP contribution in [0.2, 0.25) is 0 Å². The second-order valence-electron chi connectivity index (χ2n) is 5.15. The molecule has 0 aliphatic heterocycles. The van der Waals surface area contributed by atoms with E-state index in [1.54, 1.807) is 41.9 Å². The van der Waals surface area contributed by atoms with Crippen LogP contribution in [-0.4, -0.2) is 20.5 Å². The monoisotopic (exact) mass is 423 g/mol. The zero-order valence-electron chi connectivity index (χ0n) is 12.8. The van der Waals surface area contributed by atoms with Crippen LogP contribution in [0.5, 0.6) is 5.75 Å². The Bertz CT molecular complexity index is 954. The minimum Gasteiger partial charge on any atom is -0.495 e. The summed E-state index contributed by atoms with van der Waals surface area (Å²) < 4.78 is 31.5. The molecule has 2 aromatic heterocycles. The van der Waals surface area contributed by atoms with Gasteiger partial charge in [0, 0.05) is 22.4 Å². The minimum atomic E-state index is -3.56. The molecule has 0 aliphatic rings. The van der Waals surface area contributed by atoms with E-state index in [4.69, 9.17) is 4.74 Å². The lowest BCUT2D eigenvalue weighted by molar-refractivity contribution is 0.402. The van der Waals surface area contributed by atoms with Crippen molar-refractivity contribution in [2.45, 2.75) is 10.6 Å². The first kappa shape index (κ1) is 17.1. The summed E-state index contributed by atoms with van der Waals surface area (Å²) in [5.41, 5.74) is 2.58. The maximum absolute atomic E-state index is 12.8. The van der Waals surface area contributed by atoms with Crippen molar-refractivity contribution < 1.29 is 13.2 Å². The first-order valence-electron chi connectivity index (χ1n) is 7.02. The van der Waals surface area contributed by atoms with Gasteiger partial charge >= 0.3 is 0 Å². The van der Waals surface area contributed by atoms with E-state index in [0.29, 0.717) is 15.8 Å². The van der Waals surface area contributed by atoms with E-state index in [1.807, 2.05) is 22.9 Å². The highest BCUT2D eigenvalue weighted by Crippen LogP contribution is 2.30. The van der Waals surface area contributed by atoms with E-state index in [0.717, 1.165) is 11.1 Å². The number of aromatic nitrogens is 1. The summed E-state index contributed by atoms with van der Waals surface area (Å²) in [6.07, 6.45) is 3.32. The average Bonchev–Trinajstić information content (AvgIpc) is 3.09. The Morgan fingerprint density at radius 3 is 2.71 bits per heavy atom. The second-order valence-corrected chi connectivity index (χ2v) is 8.80. The van der Waals surface area contributed by atoms with E-state index >= 15 is 0 Å². The van der Waals surface area contributed by atoms with Crippen molar-refractivity contribution in [1.82, 2.24) is 4.98 Å². The molecule has 0 radical (unpaired) electrons. The quantitative estimate of drug-likeness (QED) is 0.603.